The lowest BCUT2D eigenvalue weighted by atomic mass is 10.2. The Bertz CT molecular complexity index is 1190. The highest BCUT2D eigenvalue weighted by atomic mass is 32.2. The molecule has 8 nitrogen and oxygen atoms in total. The summed E-state index contributed by atoms with van der Waals surface area (Å²) in [6.45, 7) is 3.91. The van der Waals surface area contributed by atoms with Crippen LogP contribution in [0.4, 0.5) is 0 Å². The number of aryl methyl sites for hydroxylation is 2. The van der Waals surface area contributed by atoms with Crippen molar-refractivity contribution in [3.05, 3.63) is 64.3 Å². The maximum absolute atomic E-state index is 12.8. The lowest BCUT2D eigenvalue weighted by molar-refractivity contribution is 0.546. The summed E-state index contributed by atoms with van der Waals surface area (Å²) in [5.74, 6) is 0.572. The molecule has 1 aromatic carbocycles. The Morgan fingerprint density at radius 2 is 2.00 bits per heavy atom. The molecule has 4 rings (SSSR count). The van der Waals surface area contributed by atoms with E-state index >= 15 is 0 Å². The van der Waals surface area contributed by atoms with Crippen molar-refractivity contribution >= 4 is 10.0 Å². The summed E-state index contributed by atoms with van der Waals surface area (Å²) < 4.78 is 30.8. The SMILES string of the molecule is Cc1ccc(S(=O)(=O)NCCn2nc(-c3cccnc3)n(C3CC3)c2=O)c(C)c1. The van der Waals surface area contributed by atoms with E-state index in [4.69, 9.17) is 0 Å². The van der Waals surface area contributed by atoms with Gasteiger partial charge in [0.2, 0.25) is 10.0 Å². The van der Waals surface area contributed by atoms with E-state index in [-0.39, 0.29) is 29.7 Å². The first-order chi connectivity index (χ1) is 13.9. The van der Waals surface area contributed by atoms with E-state index in [1.54, 1.807) is 42.1 Å². The van der Waals surface area contributed by atoms with E-state index in [0.717, 1.165) is 24.0 Å². The van der Waals surface area contributed by atoms with Gasteiger partial charge in [0.25, 0.3) is 0 Å². The Balaban J connectivity index is 1.54. The van der Waals surface area contributed by atoms with Gasteiger partial charge in [0.1, 0.15) is 0 Å². The molecule has 0 bridgehead atoms. The Kier molecular flexibility index (Phi) is 5.10. The van der Waals surface area contributed by atoms with E-state index in [2.05, 4.69) is 14.8 Å². The Morgan fingerprint density at radius 3 is 2.66 bits per heavy atom. The van der Waals surface area contributed by atoms with Crippen molar-refractivity contribution in [3.63, 3.8) is 0 Å². The molecule has 0 unspecified atom stereocenters. The molecular formula is C20H23N5O3S. The maximum Gasteiger partial charge on any atom is 0.346 e. The summed E-state index contributed by atoms with van der Waals surface area (Å²) in [6, 6.07) is 9.01. The third-order valence-corrected chi connectivity index (χ3v) is 6.56. The molecule has 0 radical (unpaired) electrons. The fourth-order valence-electron chi connectivity index (χ4n) is 3.38. The van der Waals surface area contributed by atoms with Gasteiger partial charge >= 0.3 is 5.69 Å². The molecule has 2 aromatic heterocycles. The number of rotatable bonds is 7. The Labute approximate surface area is 169 Å². The molecule has 1 aliphatic carbocycles. The quantitative estimate of drug-likeness (QED) is 0.639. The summed E-state index contributed by atoms with van der Waals surface area (Å²) in [4.78, 5) is 17.2. The van der Waals surface area contributed by atoms with Crippen molar-refractivity contribution in [2.75, 3.05) is 6.54 Å². The van der Waals surface area contributed by atoms with E-state index in [1.165, 1.54) is 4.68 Å². The average molecular weight is 414 g/mol. The van der Waals surface area contributed by atoms with Gasteiger partial charge in [-0.2, -0.15) is 0 Å². The van der Waals surface area contributed by atoms with E-state index in [0.29, 0.717) is 11.4 Å². The number of aromatic nitrogens is 4. The van der Waals surface area contributed by atoms with Crippen molar-refractivity contribution in [2.45, 2.75) is 44.2 Å². The number of hydrogen-bond acceptors (Lipinski definition) is 5. The second-order valence-electron chi connectivity index (χ2n) is 7.34. The number of hydrogen-bond donors (Lipinski definition) is 1. The van der Waals surface area contributed by atoms with Crippen LogP contribution in [0.1, 0.15) is 30.0 Å². The molecule has 3 aromatic rings. The molecular weight excluding hydrogens is 390 g/mol. The van der Waals surface area contributed by atoms with Crippen LogP contribution in [0.2, 0.25) is 0 Å². The second-order valence-corrected chi connectivity index (χ2v) is 9.07. The summed E-state index contributed by atoms with van der Waals surface area (Å²) in [5, 5.41) is 4.46. The molecule has 29 heavy (non-hydrogen) atoms. The summed E-state index contributed by atoms with van der Waals surface area (Å²) >= 11 is 0. The number of nitrogens with zero attached hydrogens (tertiary/aromatic N) is 4. The monoisotopic (exact) mass is 413 g/mol. The highest BCUT2D eigenvalue weighted by molar-refractivity contribution is 7.89. The molecule has 2 heterocycles. The number of benzene rings is 1. The van der Waals surface area contributed by atoms with Gasteiger partial charge in [-0.15, -0.1) is 5.10 Å². The number of pyridine rings is 1. The topological polar surface area (TPSA) is 98.9 Å². The zero-order valence-corrected chi connectivity index (χ0v) is 17.2. The van der Waals surface area contributed by atoms with Crippen LogP contribution in [-0.2, 0) is 16.6 Å². The third-order valence-electron chi connectivity index (χ3n) is 4.94. The lowest BCUT2D eigenvalue weighted by Crippen LogP contribution is -2.32. The summed E-state index contributed by atoms with van der Waals surface area (Å²) in [7, 11) is -3.66. The molecule has 0 spiro atoms. The predicted octanol–water partition coefficient (Wildman–Crippen LogP) is 2.04. The minimum atomic E-state index is -3.66. The first kappa shape index (κ1) is 19.5. The molecule has 1 fully saturated rings. The molecule has 1 aliphatic rings. The van der Waals surface area contributed by atoms with Gasteiger partial charge in [-0.1, -0.05) is 17.7 Å². The normalized spacial score (nSPS) is 14.3. The minimum Gasteiger partial charge on any atom is -0.272 e. The first-order valence-electron chi connectivity index (χ1n) is 9.53. The molecule has 1 N–H and O–H groups in total. The van der Waals surface area contributed by atoms with Crippen LogP contribution >= 0.6 is 0 Å². The van der Waals surface area contributed by atoms with Crippen LogP contribution in [0.3, 0.4) is 0 Å². The van der Waals surface area contributed by atoms with Gasteiger partial charge < -0.3 is 0 Å². The van der Waals surface area contributed by atoms with Crippen LogP contribution < -0.4 is 10.4 Å². The predicted molar refractivity (Wildman–Crippen MR) is 109 cm³/mol. The van der Waals surface area contributed by atoms with Gasteiger partial charge in [0, 0.05) is 30.5 Å². The largest absolute Gasteiger partial charge is 0.346 e. The molecule has 0 atom stereocenters. The van der Waals surface area contributed by atoms with Gasteiger partial charge in [0.15, 0.2) is 5.82 Å². The number of sulfonamides is 1. The van der Waals surface area contributed by atoms with Gasteiger partial charge in [-0.3, -0.25) is 9.55 Å². The van der Waals surface area contributed by atoms with Crippen molar-refractivity contribution in [1.82, 2.24) is 24.1 Å². The Morgan fingerprint density at radius 1 is 1.21 bits per heavy atom. The smallest absolute Gasteiger partial charge is 0.272 e. The zero-order valence-electron chi connectivity index (χ0n) is 16.4. The second kappa shape index (κ2) is 7.57. The van der Waals surface area contributed by atoms with E-state index in [9.17, 15) is 13.2 Å². The van der Waals surface area contributed by atoms with Gasteiger partial charge in [-0.05, 0) is 50.5 Å². The van der Waals surface area contributed by atoms with Crippen LogP contribution in [0, 0.1) is 13.8 Å². The molecule has 9 heteroatoms. The third kappa shape index (κ3) is 4.01. The molecule has 1 saturated carbocycles. The fraction of sp³-hybridized carbons (Fsp3) is 0.350. The standard InChI is InChI=1S/C20H23N5O3S/c1-14-5-8-18(15(2)12-14)29(27,28)22-10-11-24-20(26)25(17-6-7-17)19(23-24)16-4-3-9-21-13-16/h3-5,8-9,12-13,17,22H,6-7,10-11H2,1-2H3. The van der Waals surface area contributed by atoms with Crippen LogP contribution in [0.25, 0.3) is 11.4 Å². The lowest BCUT2D eigenvalue weighted by Gasteiger charge is -2.09. The van der Waals surface area contributed by atoms with Crippen molar-refractivity contribution in [2.24, 2.45) is 0 Å². The van der Waals surface area contributed by atoms with E-state index in [1.807, 2.05) is 19.1 Å². The number of nitrogens with one attached hydrogen (secondary N) is 1. The van der Waals surface area contributed by atoms with Crippen molar-refractivity contribution < 1.29 is 8.42 Å². The highest BCUT2D eigenvalue weighted by Crippen LogP contribution is 2.36. The summed E-state index contributed by atoms with van der Waals surface area (Å²) in [6.07, 6.45) is 5.23. The van der Waals surface area contributed by atoms with Crippen LogP contribution in [0.5, 0.6) is 0 Å². The summed E-state index contributed by atoms with van der Waals surface area (Å²) in [5.41, 5.74) is 2.23. The molecule has 0 saturated heterocycles. The highest BCUT2D eigenvalue weighted by Gasteiger charge is 2.30. The Hall–Kier alpha value is -2.78. The van der Waals surface area contributed by atoms with Crippen LogP contribution in [0.15, 0.2) is 52.4 Å². The van der Waals surface area contributed by atoms with Crippen molar-refractivity contribution in [3.8, 4) is 11.4 Å². The van der Waals surface area contributed by atoms with Crippen molar-refractivity contribution in [1.29, 1.82) is 0 Å². The van der Waals surface area contributed by atoms with Gasteiger partial charge in [0.05, 0.1) is 11.4 Å². The maximum atomic E-state index is 12.8. The van der Waals surface area contributed by atoms with Gasteiger partial charge in [-0.25, -0.2) is 22.6 Å². The first-order valence-corrected chi connectivity index (χ1v) is 11.0. The van der Waals surface area contributed by atoms with E-state index < -0.39 is 10.0 Å². The molecule has 0 aliphatic heterocycles. The average Bonchev–Trinajstić information content (AvgIpc) is 3.46. The fourth-order valence-corrected chi connectivity index (χ4v) is 4.63. The minimum absolute atomic E-state index is 0.0731. The van der Waals surface area contributed by atoms with Crippen LogP contribution in [-0.4, -0.2) is 34.3 Å². The zero-order chi connectivity index (χ0) is 20.6. The molecule has 0 amide bonds. The molecule has 152 valence electrons.